The van der Waals surface area contributed by atoms with Gasteiger partial charge in [-0.2, -0.15) is 0 Å². The molecule has 1 rings (SSSR count). The molecule has 0 heterocycles. The number of carbonyl (C=O) groups excluding carboxylic acids is 1. The molecule has 0 aromatic heterocycles. The average Bonchev–Trinajstić information content (AvgIpc) is 3.04. The Hall–Kier alpha value is -1.17. The summed E-state index contributed by atoms with van der Waals surface area (Å²) in [6.07, 6.45) is 15.8. The van der Waals surface area contributed by atoms with Gasteiger partial charge in [0.1, 0.15) is 6.10 Å². The number of methoxy groups -OCH3 is 1. The lowest BCUT2D eigenvalue weighted by molar-refractivity contribution is -0.164. The molecule has 0 aromatic carbocycles. The van der Waals surface area contributed by atoms with Gasteiger partial charge in [0.05, 0.1) is 17.6 Å². The Morgan fingerprint density at radius 2 is 1.77 bits per heavy atom. The summed E-state index contributed by atoms with van der Waals surface area (Å²) in [4.78, 5) is 12.7. The maximum Gasteiger partial charge on any atom is 0.311 e. The number of esters is 1. The van der Waals surface area contributed by atoms with E-state index in [1.165, 1.54) is 0 Å². The normalized spacial score (nSPS) is 25.5. The predicted octanol–water partition coefficient (Wildman–Crippen LogP) is 5.20. The molecule has 0 aliphatic heterocycles. The van der Waals surface area contributed by atoms with Crippen LogP contribution >= 0.6 is 0 Å². The number of unbranched alkanes of at least 4 members (excludes halogenated alkanes) is 5. The first-order valence-corrected chi connectivity index (χ1v) is 12.1. The highest BCUT2D eigenvalue weighted by atomic mass is 16.5. The van der Waals surface area contributed by atoms with Gasteiger partial charge in [0.15, 0.2) is 0 Å². The van der Waals surface area contributed by atoms with Crippen molar-refractivity contribution < 1.29 is 24.5 Å². The number of ether oxygens (including phenoxy) is 2. The fourth-order valence-electron chi connectivity index (χ4n) is 4.29. The fourth-order valence-corrected chi connectivity index (χ4v) is 4.29. The van der Waals surface area contributed by atoms with Crippen LogP contribution in [0.25, 0.3) is 0 Å². The first-order chi connectivity index (χ1) is 14.8. The summed E-state index contributed by atoms with van der Waals surface area (Å²) in [6.45, 7) is 7.86. The van der Waals surface area contributed by atoms with E-state index in [-0.39, 0.29) is 36.6 Å². The van der Waals surface area contributed by atoms with Crippen LogP contribution in [0.5, 0.6) is 0 Å². The summed E-state index contributed by atoms with van der Waals surface area (Å²) < 4.78 is 11.7. The molecule has 0 spiro atoms. The quantitative estimate of drug-likeness (QED) is 0.221. The summed E-state index contributed by atoms with van der Waals surface area (Å²) in [5.74, 6) is -0.354. The minimum Gasteiger partial charge on any atom is -0.462 e. The van der Waals surface area contributed by atoms with Crippen molar-refractivity contribution in [1.29, 1.82) is 0 Å². The highest BCUT2D eigenvalue weighted by Crippen LogP contribution is 2.40. The average molecular weight is 439 g/mol. The van der Waals surface area contributed by atoms with E-state index in [4.69, 9.17) is 14.6 Å². The van der Waals surface area contributed by atoms with E-state index < -0.39 is 11.5 Å². The van der Waals surface area contributed by atoms with Gasteiger partial charge >= 0.3 is 5.97 Å². The van der Waals surface area contributed by atoms with E-state index >= 15 is 0 Å². The van der Waals surface area contributed by atoms with Gasteiger partial charge in [-0.1, -0.05) is 37.1 Å². The van der Waals surface area contributed by atoms with Crippen molar-refractivity contribution in [2.45, 2.75) is 104 Å². The molecule has 5 atom stereocenters. The molecule has 1 saturated carbocycles. The van der Waals surface area contributed by atoms with Crippen LogP contribution in [0.4, 0.5) is 0 Å². The van der Waals surface area contributed by atoms with E-state index in [0.29, 0.717) is 6.42 Å². The van der Waals surface area contributed by atoms with Crippen LogP contribution in [0.1, 0.15) is 85.5 Å². The van der Waals surface area contributed by atoms with Crippen molar-refractivity contribution in [1.82, 2.24) is 0 Å². The predicted molar refractivity (Wildman–Crippen MR) is 126 cm³/mol. The number of carbonyl (C=O) groups is 1. The van der Waals surface area contributed by atoms with Crippen LogP contribution in [-0.2, 0) is 14.3 Å². The molecule has 2 N–H and O–H groups in total. The molecule has 0 aromatic rings. The molecule has 0 amide bonds. The molecule has 0 bridgehead atoms. The minimum absolute atomic E-state index is 0.0249. The summed E-state index contributed by atoms with van der Waals surface area (Å²) >= 11 is 0. The number of aliphatic hydroxyl groups excluding tert-OH is 2. The van der Waals surface area contributed by atoms with Crippen molar-refractivity contribution in [3.63, 3.8) is 0 Å². The maximum absolute atomic E-state index is 12.7. The minimum atomic E-state index is -0.578. The van der Waals surface area contributed by atoms with Gasteiger partial charge in [-0.15, -0.1) is 0 Å². The van der Waals surface area contributed by atoms with Gasteiger partial charge in [0.2, 0.25) is 0 Å². The first-order valence-electron chi connectivity index (χ1n) is 12.1. The molecule has 1 aliphatic carbocycles. The summed E-state index contributed by atoms with van der Waals surface area (Å²) in [5.41, 5.74) is -0.578. The van der Waals surface area contributed by atoms with Gasteiger partial charge in [-0.3, -0.25) is 4.79 Å². The zero-order chi connectivity index (χ0) is 23.3. The second-order valence-electron chi connectivity index (χ2n) is 9.78. The van der Waals surface area contributed by atoms with E-state index in [0.717, 1.165) is 51.4 Å². The first kappa shape index (κ1) is 27.9. The van der Waals surface area contributed by atoms with E-state index in [1.807, 2.05) is 33.8 Å². The summed E-state index contributed by atoms with van der Waals surface area (Å²) in [7, 11) is 1.69. The Balaban J connectivity index is 2.91. The molecular weight excluding hydrogens is 392 g/mol. The van der Waals surface area contributed by atoms with Crippen LogP contribution in [0, 0.1) is 17.3 Å². The second kappa shape index (κ2) is 14.8. The van der Waals surface area contributed by atoms with E-state index in [1.54, 1.807) is 7.11 Å². The van der Waals surface area contributed by atoms with Crippen molar-refractivity contribution >= 4 is 5.97 Å². The van der Waals surface area contributed by atoms with Gasteiger partial charge < -0.3 is 19.7 Å². The second-order valence-corrected chi connectivity index (χ2v) is 9.78. The Bertz CT molecular complexity index is 548. The van der Waals surface area contributed by atoms with Crippen molar-refractivity contribution in [3.05, 3.63) is 24.3 Å². The Morgan fingerprint density at radius 3 is 2.39 bits per heavy atom. The van der Waals surface area contributed by atoms with E-state index in [2.05, 4.69) is 18.2 Å². The number of hydrogen-bond acceptors (Lipinski definition) is 5. The maximum atomic E-state index is 12.7. The van der Waals surface area contributed by atoms with Crippen LogP contribution in [0.3, 0.4) is 0 Å². The van der Waals surface area contributed by atoms with Gasteiger partial charge in [0, 0.05) is 32.0 Å². The molecule has 0 saturated heterocycles. The van der Waals surface area contributed by atoms with Crippen LogP contribution in [0.2, 0.25) is 0 Å². The zero-order valence-corrected chi connectivity index (χ0v) is 20.4. The Kier molecular flexibility index (Phi) is 13.3. The topological polar surface area (TPSA) is 76.0 Å². The van der Waals surface area contributed by atoms with Crippen LogP contribution in [-0.4, -0.2) is 48.2 Å². The number of aliphatic hydroxyl groups is 2. The largest absolute Gasteiger partial charge is 0.462 e. The molecule has 5 heteroatoms. The molecule has 0 radical (unpaired) electrons. The zero-order valence-electron chi connectivity index (χ0n) is 20.4. The lowest BCUT2D eigenvalue weighted by Crippen LogP contribution is -2.39. The third-order valence-electron chi connectivity index (χ3n) is 6.13. The van der Waals surface area contributed by atoms with Crippen molar-refractivity contribution in [3.8, 4) is 0 Å². The SMILES string of the molecule is C/C=C\CCCC(OC(=O)C(C)(C)C)C1[C@@H](/C=C/CCCCCCO)[C@H](OC)C[C@@H]1O. The molecule has 1 fully saturated rings. The smallest absolute Gasteiger partial charge is 0.311 e. The highest BCUT2D eigenvalue weighted by Gasteiger charge is 2.47. The number of hydrogen-bond donors (Lipinski definition) is 2. The Labute approximate surface area is 189 Å². The summed E-state index contributed by atoms with van der Waals surface area (Å²) in [5, 5.41) is 19.8. The van der Waals surface area contributed by atoms with Crippen LogP contribution in [0.15, 0.2) is 24.3 Å². The standard InChI is InChI=1S/C26H46O5/c1-6-7-8-14-17-22(31-25(29)26(2,3)4)24-20(23(30-5)19-21(24)28)16-13-11-9-10-12-15-18-27/h6-7,13,16,20-24,27-28H,8-12,14-15,17-19H2,1-5H3/b7-6-,16-13+/t20-,21-,22?,23+,24?/m0/s1. The lowest BCUT2D eigenvalue weighted by Gasteiger charge is -2.32. The Morgan fingerprint density at radius 1 is 1.10 bits per heavy atom. The summed E-state index contributed by atoms with van der Waals surface area (Å²) in [6, 6.07) is 0. The molecule has 2 unspecified atom stereocenters. The van der Waals surface area contributed by atoms with Crippen molar-refractivity contribution in [2.75, 3.05) is 13.7 Å². The lowest BCUT2D eigenvalue weighted by atomic mass is 9.85. The highest BCUT2D eigenvalue weighted by molar-refractivity contribution is 5.75. The van der Waals surface area contributed by atoms with Crippen molar-refractivity contribution in [2.24, 2.45) is 17.3 Å². The molecular formula is C26H46O5. The number of allylic oxidation sites excluding steroid dienone is 3. The monoisotopic (exact) mass is 438 g/mol. The fraction of sp³-hybridized carbons (Fsp3) is 0.808. The molecule has 5 nitrogen and oxygen atoms in total. The van der Waals surface area contributed by atoms with Gasteiger partial charge in [0.25, 0.3) is 0 Å². The third kappa shape index (κ3) is 9.88. The van der Waals surface area contributed by atoms with Gasteiger partial charge in [-0.05, 0) is 66.2 Å². The van der Waals surface area contributed by atoms with E-state index in [9.17, 15) is 9.90 Å². The number of rotatable bonds is 14. The third-order valence-corrected chi connectivity index (χ3v) is 6.13. The molecule has 180 valence electrons. The molecule has 1 aliphatic rings. The van der Waals surface area contributed by atoms with Gasteiger partial charge in [-0.25, -0.2) is 0 Å². The molecule has 31 heavy (non-hydrogen) atoms. The van der Waals surface area contributed by atoms with Crippen LogP contribution < -0.4 is 0 Å².